The summed E-state index contributed by atoms with van der Waals surface area (Å²) in [5, 5.41) is 8.78. The van der Waals surface area contributed by atoms with Crippen molar-refractivity contribution in [2.75, 3.05) is 33.8 Å². The van der Waals surface area contributed by atoms with Gasteiger partial charge in [0.15, 0.2) is 0 Å². The Morgan fingerprint density at radius 3 is 2.33 bits per heavy atom. The molecular formula is C12H20N2O3S. The zero-order valence-corrected chi connectivity index (χ0v) is 11.6. The lowest BCUT2D eigenvalue weighted by Crippen LogP contribution is -2.31. The van der Waals surface area contributed by atoms with Gasteiger partial charge in [-0.25, -0.2) is 13.1 Å². The lowest BCUT2D eigenvalue weighted by atomic mass is 10.2. The second-order valence-corrected chi connectivity index (χ2v) is 6.09. The summed E-state index contributed by atoms with van der Waals surface area (Å²) < 4.78 is 26.3. The number of aliphatic hydroxyl groups is 1. The van der Waals surface area contributed by atoms with Gasteiger partial charge >= 0.3 is 0 Å². The van der Waals surface area contributed by atoms with Crippen LogP contribution >= 0.6 is 0 Å². The van der Waals surface area contributed by atoms with Crippen LogP contribution < -0.4 is 4.72 Å². The van der Waals surface area contributed by atoms with E-state index in [1.165, 1.54) is 0 Å². The van der Waals surface area contributed by atoms with Crippen molar-refractivity contribution in [3.8, 4) is 0 Å². The Balaban J connectivity index is 2.67. The Morgan fingerprint density at radius 1 is 1.22 bits per heavy atom. The summed E-state index contributed by atoms with van der Waals surface area (Å²) in [5.41, 5.74) is 0.921. The molecule has 2 N–H and O–H groups in total. The molecule has 0 bridgehead atoms. The molecule has 5 nitrogen and oxygen atoms in total. The smallest absolute Gasteiger partial charge is 0.240 e. The van der Waals surface area contributed by atoms with Crippen molar-refractivity contribution in [3.05, 3.63) is 29.8 Å². The van der Waals surface area contributed by atoms with Gasteiger partial charge < -0.3 is 10.0 Å². The summed E-state index contributed by atoms with van der Waals surface area (Å²) in [5.74, 6) is 0. The van der Waals surface area contributed by atoms with Crippen LogP contribution in [0.15, 0.2) is 29.2 Å². The highest BCUT2D eigenvalue weighted by molar-refractivity contribution is 7.89. The molecule has 1 rings (SSSR count). The van der Waals surface area contributed by atoms with Gasteiger partial charge in [0.05, 0.1) is 4.90 Å². The van der Waals surface area contributed by atoms with E-state index in [1.54, 1.807) is 24.3 Å². The van der Waals surface area contributed by atoms with Crippen LogP contribution in [0.25, 0.3) is 0 Å². The summed E-state index contributed by atoms with van der Waals surface area (Å²) >= 11 is 0. The van der Waals surface area contributed by atoms with E-state index in [-0.39, 0.29) is 11.5 Å². The molecule has 0 aliphatic heterocycles. The second kappa shape index (κ2) is 6.84. The molecule has 0 saturated heterocycles. The van der Waals surface area contributed by atoms with Crippen LogP contribution in [-0.2, 0) is 16.4 Å². The third-order valence-electron chi connectivity index (χ3n) is 2.49. The molecule has 0 heterocycles. The molecular weight excluding hydrogens is 252 g/mol. The first kappa shape index (κ1) is 15.1. The predicted molar refractivity (Wildman–Crippen MR) is 71.0 cm³/mol. The van der Waals surface area contributed by atoms with Crippen LogP contribution in [0.4, 0.5) is 0 Å². The molecule has 0 saturated carbocycles. The Morgan fingerprint density at radius 2 is 1.83 bits per heavy atom. The zero-order valence-electron chi connectivity index (χ0n) is 10.8. The number of nitrogens with zero attached hydrogens (tertiary/aromatic N) is 1. The Kier molecular flexibility index (Phi) is 5.74. The molecule has 102 valence electrons. The average Bonchev–Trinajstić information content (AvgIpc) is 2.29. The van der Waals surface area contributed by atoms with E-state index < -0.39 is 10.0 Å². The number of rotatable bonds is 7. The lowest BCUT2D eigenvalue weighted by Gasteiger charge is -2.11. The Hall–Kier alpha value is -0.950. The maximum atomic E-state index is 11.9. The van der Waals surface area contributed by atoms with Crippen molar-refractivity contribution in [3.63, 3.8) is 0 Å². The standard InChI is InChI=1S/C12H20N2O3S/c1-14(2)9-8-13-18(16,17)12-5-3-11(4-6-12)7-10-15/h3-6,13,15H,7-10H2,1-2H3. The van der Waals surface area contributed by atoms with Gasteiger partial charge in [0, 0.05) is 19.7 Å². The number of aliphatic hydroxyl groups excluding tert-OH is 1. The topological polar surface area (TPSA) is 69.6 Å². The molecule has 0 unspecified atom stereocenters. The molecule has 0 aliphatic rings. The average molecular weight is 272 g/mol. The van der Waals surface area contributed by atoms with Crippen LogP contribution in [0.5, 0.6) is 0 Å². The van der Waals surface area contributed by atoms with E-state index in [0.29, 0.717) is 19.5 Å². The molecule has 0 aromatic heterocycles. The van der Waals surface area contributed by atoms with Crippen molar-refractivity contribution in [2.24, 2.45) is 0 Å². The first-order valence-corrected chi connectivity index (χ1v) is 7.28. The van der Waals surface area contributed by atoms with Crippen LogP contribution in [0, 0.1) is 0 Å². The fraction of sp³-hybridized carbons (Fsp3) is 0.500. The minimum absolute atomic E-state index is 0.0627. The highest BCUT2D eigenvalue weighted by Gasteiger charge is 2.12. The van der Waals surface area contributed by atoms with E-state index in [0.717, 1.165) is 5.56 Å². The van der Waals surface area contributed by atoms with Crippen molar-refractivity contribution < 1.29 is 13.5 Å². The Bertz CT molecular complexity index is 455. The molecule has 0 radical (unpaired) electrons. The number of sulfonamides is 1. The molecule has 6 heteroatoms. The maximum Gasteiger partial charge on any atom is 0.240 e. The van der Waals surface area contributed by atoms with Crippen molar-refractivity contribution >= 4 is 10.0 Å². The van der Waals surface area contributed by atoms with Crippen LogP contribution in [0.3, 0.4) is 0 Å². The zero-order chi connectivity index (χ0) is 13.6. The van der Waals surface area contributed by atoms with Gasteiger partial charge in [0.25, 0.3) is 0 Å². The van der Waals surface area contributed by atoms with Crippen molar-refractivity contribution in [1.82, 2.24) is 9.62 Å². The van der Waals surface area contributed by atoms with E-state index >= 15 is 0 Å². The van der Waals surface area contributed by atoms with Gasteiger partial charge in [-0.3, -0.25) is 0 Å². The van der Waals surface area contributed by atoms with Gasteiger partial charge in [0.1, 0.15) is 0 Å². The van der Waals surface area contributed by atoms with Crippen LogP contribution in [0.1, 0.15) is 5.56 Å². The van der Waals surface area contributed by atoms with E-state index in [4.69, 9.17) is 5.11 Å². The normalized spacial score (nSPS) is 12.0. The number of hydrogen-bond donors (Lipinski definition) is 2. The first-order valence-electron chi connectivity index (χ1n) is 5.80. The Labute approximate surface area is 108 Å². The number of likely N-dealkylation sites (N-methyl/N-ethyl adjacent to an activating group) is 1. The summed E-state index contributed by atoms with van der Waals surface area (Å²) in [4.78, 5) is 2.16. The van der Waals surface area contributed by atoms with Gasteiger partial charge in [-0.1, -0.05) is 12.1 Å². The molecule has 18 heavy (non-hydrogen) atoms. The number of hydrogen-bond acceptors (Lipinski definition) is 4. The largest absolute Gasteiger partial charge is 0.396 e. The van der Waals surface area contributed by atoms with Gasteiger partial charge in [-0.15, -0.1) is 0 Å². The summed E-state index contributed by atoms with van der Waals surface area (Å²) in [6, 6.07) is 6.55. The number of nitrogens with one attached hydrogen (secondary N) is 1. The highest BCUT2D eigenvalue weighted by Crippen LogP contribution is 2.10. The highest BCUT2D eigenvalue weighted by atomic mass is 32.2. The molecule has 0 atom stereocenters. The SMILES string of the molecule is CN(C)CCNS(=O)(=O)c1ccc(CCO)cc1. The minimum atomic E-state index is -3.43. The molecule has 1 aromatic carbocycles. The minimum Gasteiger partial charge on any atom is -0.396 e. The molecule has 1 aromatic rings. The first-order chi connectivity index (χ1) is 8.45. The van der Waals surface area contributed by atoms with E-state index in [2.05, 4.69) is 4.72 Å². The fourth-order valence-electron chi connectivity index (χ4n) is 1.45. The van der Waals surface area contributed by atoms with Gasteiger partial charge in [0.2, 0.25) is 10.0 Å². The van der Waals surface area contributed by atoms with E-state index in [1.807, 2.05) is 19.0 Å². The predicted octanol–water partition coefficient (Wildman–Crippen LogP) is 0.0613. The molecule has 0 amide bonds. The van der Waals surface area contributed by atoms with Crippen molar-refractivity contribution in [1.29, 1.82) is 0 Å². The van der Waals surface area contributed by atoms with Crippen LogP contribution in [0.2, 0.25) is 0 Å². The third kappa shape index (κ3) is 4.73. The fourth-order valence-corrected chi connectivity index (χ4v) is 2.47. The van der Waals surface area contributed by atoms with Crippen LogP contribution in [-0.4, -0.2) is 52.2 Å². The lowest BCUT2D eigenvalue weighted by molar-refractivity contribution is 0.299. The number of benzene rings is 1. The van der Waals surface area contributed by atoms with Gasteiger partial charge in [-0.05, 0) is 38.2 Å². The third-order valence-corrected chi connectivity index (χ3v) is 3.96. The molecule has 0 aliphatic carbocycles. The summed E-state index contributed by atoms with van der Waals surface area (Å²) in [6.45, 7) is 1.10. The summed E-state index contributed by atoms with van der Waals surface area (Å²) in [7, 11) is 0.347. The quantitative estimate of drug-likeness (QED) is 0.736. The molecule has 0 fully saturated rings. The van der Waals surface area contributed by atoms with Crippen molar-refractivity contribution in [2.45, 2.75) is 11.3 Å². The monoisotopic (exact) mass is 272 g/mol. The summed E-state index contributed by atoms with van der Waals surface area (Å²) in [6.07, 6.45) is 0.536. The maximum absolute atomic E-state index is 11.9. The van der Waals surface area contributed by atoms with E-state index in [9.17, 15) is 8.42 Å². The second-order valence-electron chi connectivity index (χ2n) is 4.32. The van der Waals surface area contributed by atoms with Gasteiger partial charge in [-0.2, -0.15) is 0 Å². The molecule has 0 spiro atoms.